The fourth-order valence-electron chi connectivity index (χ4n) is 1.34. The highest BCUT2D eigenvalue weighted by Crippen LogP contribution is 2.29. The number of rotatable bonds is 2. The van der Waals surface area contributed by atoms with Gasteiger partial charge in [0.05, 0.1) is 10.6 Å². The first-order chi connectivity index (χ1) is 8.66. The number of hydrogen-bond acceptors (Lipinski definition) is 3. The summed E-state index contributed by atoms with van der Waals surface area (Å²) in [4.78, 5) is 12.1. The number of carbonyl (C=O) groups excluding carboxylic acids is 1. The molecule has 2 N–H and O–H groups in total. The average Bonchev–Trinajstić information content (AvgIpc) is 2.35. The maximum atomic E-state index is 13.3. The van der Waals surface area contributed by atoms with E-state index in [1.54, 1.807) is 30.3 Å². The first-order valence-electron chi connectivity index (χ1n) is 5.18. The van der Waals surface area contributed by atoms with Crippen molar-refractivity contribution in [3.8, 4) is 5.75 Å². The van der Waals surface area contributed by atoms with E-state index in [0.717, 1.165) is 11.8 Å². The van der Waals surface area contributed by atoms with Gasteiger partial charge in [-0.05, 0) is 36.0 Å². The molecular weight excluding hydrogens is 253 g/mol. The quantitative estimate of drug-likeness (QED) is 0.809. The van der Waals surface area contributed by atoms with E-state index in [1.807, 2.05) is 0 Å². The van der Waals surface area contributed by atoms with Gasteiger partial charge in [0, 0.05) is 0 Å². The number of hydrogen-bond donors (Lipinski definition) is 2. The largest absolute Gasteiger partial charge is 0.507 e. The smallest absolute Gasteiger partial charge is 0.288 e. The van der Waals surface area contributed by atoms with Gasteiger partial charge in [-0.2, -0.15) is 0 Å². The van der Waals surface area contributed by atoms with Crippen LogP contribution in [0, 0.1) is 5.82 Å². The van der Waals surface area contributed by atoms with Crippen molar-refractivity contribution < 1.29 is 14.3 Å². The Morgan fingerprint density at radius 1 is 1.11 bits per heavy atom. The maximum absolute atomic E-state index is 13.3. The van der Waals surface area contributed by atoms with E-state index in [1.165, 1.54) is 18.2 Å². The second-order valence-corrected chi connectivity index (χ2v) is 4.48. The number of phenolic OH excluding ortho intramolecular Hbond substituents is 1. The van der Waals surface area contributed by atoms with Gasteiger partial charge in [0.25, 0.3) is 5.24 Å². The molecule has 0 saturated heterocycles. The Bertz CT molecular complexity index is 525. The molecule has 2 aromatic rings. The average molecular weight is 263 g/mol. The summed E-state index contributed by atoms with van der Waals surface area (Å²) in [7, 11) is 0. The topological polar surface area (TPSA) is 49.3 Å². The number of phenols is 1. The van der Waals surface area contributed by atoms with Gasteiger partial charge in [-0.25, -0.2) is 4.39 Å². The summed E-state index contributed by atoms with van der Waals surface area (Å²) in [6.07, 6.45) is 0. The van der Waals surface area contributed by atoms with Gasteiger partial charge in [0.15, 0.2) is 0 Å². The van der Waals surface area contributed by atoms with Crippen molar-refractivity contribution in [2.24, 2.45) is 0 Å². The molecule has 5 heteroatoms. The molecular formula is C13H10FNO2S. The maximum Gasteiger partial charge on any atom is 0.288 e. The third kappa shape index (κ3) is 3.01. The second kappa shape index (κ2) is 5.55. The van der Waals surface area contributed by atoms with Crippen LogP contribution in [0.5, 0.6) is 5.75 Å². The molecule has 0 atom stereocenters. The highest BCUT2D eigenvalue weighted by Gasteiger charge is 2.10. The second-order valence-electron chi connectivity index (χ2n) is 3.46. The van der Waals surface area contributed by atoms with E-state index < -0.39 is 11.1 Å². The number of nitrogens with one attached hydrogen (secondary N) is 1. The molecule has 0 spiro atoms. The standard InChI is InChI=1S/C13H10FNO2S/c14-9-5-1-2-6-10(9)15-13(17)18-12-8-4-3-7-11(12)16/h1-8,16H,(H,15,17). The van der Waals surface area contributed by atoms with Crippen LogP contribution >= 0.6 is 11.8 Å². The van der Waals surface area contributed by atoms with Crippen molar-refractivity contribution in [2.75, 3.05) is 5.32 Å². The number of carbonyl (C=O) groups is 1. The number of halogens is 1. The molecule has 0 bridgehead atoms. The highest BCUT2D eigenvalue weighted by atomic mass is 32.2. The van der Waals surface area contributed by atoms with E-state index >= 15 is 0 Å². The molecule has 0 aliphatic rings. The third-order valence-corrected chi connectivity index (χ3v) is 3.03. The minimum absolute atomic E-state index is 0.0196. The van der Waals surface area contributed by atoms with Gasteiger partial charge < -0.3 is 10.4 Å². The number of thioether (sulfide) groups is 1. The zero-order chi connectivity index (χ0) is 13.0. The van der Waals surface area contributed by atoms with Gasteiger partial charge >= 0.3 is 0 Å². The van der Waals surface area contributed by atoms with E-state index in [2.05, 4.69) is 5.32 Å². The van der Waals surface area contributed by atoms with Crippen LogP contribution in [0.4, 0.5) is 14.9 Å². The lowest BCUT2D eigenvalue weighted by Gasteiger charge is -2.06. The van der Waals surface area contributed by atoms with Gasteiger partial charge in [-0.3, -0.25) is 4.79 Å². The molecule has 0 unspecified atom stereocenters. The summed E-state index contributed by atoms with van der Waals surface area (Å²) in [5, 5.41) is 11.5. The summed E-state index contributed by atoms with van der Waals surface area (Å²) in [6, 6.07) is 12.4. The molecule has 0 radical (unpaired) electrons. The van der Waals surface area contributed by atoms with E-state index in [4.69, 9.17) is 0 Å². The molecule has 0 aromatic heterocycles. The van der Waals surface area contributed by atoms with Crippen LogP contribution in [0.25, 0.3) is 0 Å². The predicted molar refractivity (Wildman–Crippen MR) is 69.4 cm³/mol. The predicted octanol–water partition coefficient (Wildman–Crippen LogP) is 3.86. The fourth-order valence-corrected chi connectivity index (χ4v) is 2.02. The van der Waals surface area contributed by atoms with Gasteiger partial charge in [0.1, 0.15) is 11.6 Å². The molecule has 2 aromatic carbocycles. The molecule has 3 nitrogen and oxygen atoms in total. The Morgan fingerprint density at radius 3 is 2.50 bits per heavy atom. The first-order valence-corrected chi connectivity index (χ1v) is 6.00. The van der Waals surface area contributed by atoms with Crippen LogP contribution < -0.4 is 5.32 Å². The third-order valence-electron chi connectivity index (χ3n) is 2.18. The van der Waals surface area contributed by atoms with Gasteiger partial charge in [-0.15, -0.1) is 0 Å². The zero-order valence-electron chi connectivity index (χ0n) is 9.26. The summed E-state index contributed by atoms with van der Waals surface area (Å²) < 4.78 is 13.3. The minimum atomic E-state index is -0.497. The molecule has 0 aliphatic carbocycles. The molecule has 0 saturated carbocycles. The number of benzene rings is 2. The van der Waals surface area contributed by atoms with E-state index in [0.29, 0.717) is 4.90 Å². The molecule has 1 amide bonds. The Labute approximate surface area is 108 Å². The monoisotopic (exact) mass is 263 g/mol. The van der Waals surface area contributed by atoms with E-state index in [9.17, 15) is 14.3 Å². The molecule has 92 valence electrons. The van der Waals surface area contributed by atoms with Crippen LogP contribution in [-0.4, -0.2) is 10.3 Å². The van der Waals surface area contributed by atoms with Crippen LogP contribution in [0.15, 0.2) is 53.4 Å². The minimum Gasteiger partial charge on any atom is -0.507 e. The van der Waals surface area contributed by atoms with Crippen LogP contribution in [0.1, 0.15) is 0 Å². The number of aromatic hydroxyl groups is 1. The van der Waals surface area contributed by atoms with Crippen LogP contribution in [-0.2, 0) is 0 Å². The fraction of sp³-hybridized carbons (Fsp3) is 0. The number of para-hydroxylation sites is 2. The SMILES string of the molecule is O=C(Nc1ccccc1F)Sc1ccccc1O. The summed E-state index contributed by atoms with van der Waals surface area (Å²) in [6.45, 7) is 0. The molecule has 0 fully saturated rings. The summed E-state index contributed by atoms with van der Waals surface area (Å²) >= 11 is 0.807. The first kappa shape index (κ1) is 12.4. The van der Waals surface area contributed by atoms with Gasteiger partial charge in [-0.1, -0.05) is 24.3 Å². The zero-order valence-corrected chi connectivity index (χ0v) is 10.1. The van der Waals surface area contributed by atoms with Crippen molar-refractivity contribution in [1.29, 1.82) is 0 Å². The highest BCUT2D eigenvalue weighted by molar-refractivity contribution is 8.14. The van der Waals surface area contributed by atoms with Crippen LogP contribution in [0.3, 0.4) is 0 Å². The van der Waals surface area contributed by atoms with Crippen molar-refractivity contribution in [2.45, 2.75) is 4.90 Å². The lowest BCUT2D eigenvalue weighted by Crippen LogP contribution is -2.06. The molecule has 0 aliphatic heterocycles. The number of amides is 1. The Kier molecular flexibility index (Phi) is 3.84. The lowest BCUT2D eigenvalue weighted by atomic mass is 10.3. The summed E-state index contributed by atoms with van der Waals surface area (Å²) in [5.41, 5.74) is 0.116. The Hall–Kier alpha value is -2.01. The Balaban J connectivity index is 2.06. The van der Waals surface area contributed by atoms with Crippen molar-refractivity contribution in [3.63, 3.8) is 0 Å². The van der Waals surface area contributed by atoms with Crippen molar-refractivity contribution >= 4 is 22.7 Å². The normalized spacial score (nSPS) is 10.1. The Morgan fingerprint density at radius 2 is 1.78 bits per heavy atom. The molecule has 18 heavy (non-hydrogen) atoms. The molecule has 2 rings (SSSR count). The van der Waals surface area contributed by atoms with Crippen molar-refractivity contribution in [3.05, 3.63) is 54.3 Å². The lowest BCUT2D eigenvalue weighted by molar-refractivity contribution is 0.269. The van der Waals surface area contributed by atoms with Crippen molar-refractivity contribution in [1.82, 2.24) is 0 Å². The summed E-state index contributed by atoms with van der Waals surface area (Å²) in [5.74, 6) is -0.477. The van der Waals surface area contributed by atoms with Gasteiger partial charge in [0.2, 0.25) is 0 Å². The van der Waals surface area contributed by atoms with Crippen LogP contribution in [0.2, 0.25) is 0 Å². The van der Waals surface area contributed by atoms with E-state index in [-0.39, 0.29) is 11.4 Å². The molecule has 0 heterocycles. The number of anilines is 1.